The maximum absolute atomic E-state index is 14.9. The van der Waals surface area contributed by atoms with Crippen LogP contribution in [-0.4, -0.2) is 19.5 Å². The Balaban J connectivity index is 1.46. The third-order valence-corrected chi connectivity index (χ3v) is 9.22. The predicted molar refractivity (Wildman–Crippen MR) is 195 cm³/mol. The van der Waals surface area contributed by atoms with Crippen molar-refractivity contribution in [3.8, 4) is 51.0 Å². The molecule has 2 heterocycles. The van der Waals surface area contributed by atoms with Crippen molar-refractivity contribution in [3.63, 3.8) is 0 Å². The molecule has 0 N–H and O–H groups in total. The Labute approximate surface area is 300 Å². The van der Waals surface area contributed by atoms with Crippen molar-refractivity contribution in [1.29, 1.82) is 0 Å². The van der Waals surface area contributed by atoms with Gasteiger partial charge in [-0.1, -0.05) is 91.0 Å². The summed E-state index contributed by atoms with van der Waals surface area (Å²) in [5.74, 6) is 0.615. The van der Waals surface area contributed by atoms with Gasteiger partial charge >= 0.3 is 12.4 Å². The minimum Gasteiger partial charge on any atom is -0.309 e. The molecule has 0 aliphatic carbocycles. The summed E-state index contributed by atoms with van der Waals surface area (Å²) in [6, 6.07) is 36.9. The summed E-state index contributed by atoms with van der Waals surface area (Å²) in [6.45, 7) is 3.91. The summed E-state index contributed by atoms with van der Waals surface area (Å²) < 4.78 is 88.2. The van der Waals surface area contributed by atoms with E-state index in [1.807, 2.05) is 115 Å². The Morgan fingerprint density at radius 2 is 0.962 bits per heavy atom. The van der Waals surface area contributed by atoms with E-state index in [-0.39, 0.29) is 34.7 Å². The quantitative estimate of drug-likeness (QED) is 0.167. The number of hydrogen-bond acceptors (Lipinski definition) is 3. The highest BCUT2D eigenvalue weighted by Gasteiger charge is 2.39. The molecule has 0 saturated heterocycles. The van der Waals surface area contributed by atoms with Crippen molar-refractivity contribution in [2.75, 3.05) is 0 Å². The number of aromatic nitrogens is 4. The molecule has 6 aromatic carbocycles. The summed E-state index contributed by atoms with van der Waals surface area (Å²) in [5, 5.41) is 1.89. The van der Waals surface area contributed by atoms with Gasteiger partial charge in [0.15, 0.2) is 17.5 Å². The van der Waals surface area contributed by atoms with Crippen LogP contribution in [0.4, 0.5) is 26.3 Å². The molecule has 8 rings (SSSR count). The van der Waals surface area contributed by atoms with Crippen LogP contribution in [0.2, 0.25) is 0 Å². The molecule has 0 fully saturated rings. The molecule has 8 aromatic rings. The molecule has 0 bridgehead atoms. The topological polar surface area (TPSA) is 43.6 Å². The van der Waals surface area contributed by atoms with E-state index in [1.165, 1.54) is 0 Å². The zero-order valence-corrected chi connectivity index (χ0v) is 28.3. The highest BCUT2D eigenvalue weighted by molar-refractivity contribution is 6.09. The smallest absolute Gasteiger partial charge is 0.309 e. The molecule has 0 amide bonds. The fourth-order valence-electron chi connectivity index (χ4n) is 6.72. The zero-order chi connectivity index (χ0) is 37.1. The van der Waals surface area contributed by atoms with E-state index < -0.39 is 29.0 Å². The first-order valence-corrected chi connectivity index (χ1v) is 16.7. The number of aryl methyl sites for hydroxylation is 2. The minimum atomic E-state index is -5.13. The maximum atomic E-state index is 14.9. The van der Waals surface area contributed by atoms with Gasteiger partial charge in [-0.25, -0.2) is 15.0 Å². The normalized spacial score (nSPS) is 12.2. The van der Waals surface area contributed by atoms with E-state index in [1.54, 1.807) is 18.2 Å². The number of nitrogens with zero attached hydrogens (tertiary/aromatic N) is 4. The summed E-state index contributed by atoms with van der Waals surface area (Å²) in [6.07, 6.45) is -10.1. The first-order valence-electron chi connectivity index (χ1n) is 16.7. The van der Waals surface area contributed by atoms with Gasteiger partial charge in [0.25, 0.3) is 0 Å². The van der Waals surface area contributed by atoms with Crippen molar-refractivity contribution in [2.45, 2.75) is 26.2 Å². The summed E-state index contributed by atoms with van der Waals surface area (Å²) in [7, 11) is 0. The van der Waals surface area contributed by atoms with Crippen molar-refractivity contribution in [1.82, 2.24) is 19.5 Å². The second-order valence-corrected chi connectivity index (χ2v) is 12.9. The second kappa shape index (κ2) is 12.7. The fourth-order valence-corrected chi connectivity index (χ4v) is 6.72. The lowest BCUT2D eigenvalue weighted by Crippen LogP contribution is -2.12. The fraction of sp³-hybridized carbons (Fsp3) is 0.0930. The molecule has 4 nitrogen and oxygen atoms in total. The number of benzene rings is 6. The standard InChI is InChI=1S/C43H28F6N4/c1-25-13-17-32-33-18-14-26(2)22-38(33)53(37(32)21-25)30-16-20-34(35(24-30)31-19-15-29(42(44,45)46)23-36(31)43(47,48)49)41-51-39(27-9-5-3-6-10-27)50-40(52-41)28-11-7-4-8-12-28/h3-24H,1-2H3. The Bertz CT molecular complexity index is 2550. The van der Waals surface area contributed by atoms with E-state index in [0.29, 0.717) is 22.9 Å². The highest BCUT2D eigenvalue weighted by atomic mass is 19.4. The number of rotatable bonds is 5. The molecule has 0 aliphatic heterocycles. The largest absolute Gasteiger partial charge is 0.417 e. The lowest BCUT2D eigenvalue weighted by atomic mass is 9.92. The van der Waals surface area contributed by atoms with Crippen LogP contribution < -0.4 is 0 Å². The van der Waals surface area contributed by atoms with E-state index in [0.717, 1.165) is 39.0 Å². The van der Waals surface area contributed by atoms with Crippen LogP contribution in [0.5, 0.6) is 0 Å². The van der Waals surface area contributed by atoms with Crippen molar-refractivity contribution < 1.29 is 26.3 Å². The zero-order valence-electron chi connectivity index (χ0n) is 28.3. The maximum Gasteiger partial charge on any atom is 0.417 e. The van der Waals surface area contributed by atoms with Crippen LogP contribution in [0.1, 0.15) is 22.3 Å². The summed E-state index contributed by atoms with van der Waals surface area (Å²) in [5.41, 5.74) is 2.31. The van der Waals surface area contributed by atoms with Crippen LogP contribution in [0.25, 0.3) is 72.8 Å². The lowest BCUT2D eigenvalue weighted by molar-refractivity contribution is -0.142. The third kappa shape index (κ3) is 6.30. The van der Waals surface area contributed by atoms with E-state index >= 15 is 0 Å². The lowest BCUT2D eigenvalue weighted by Gasteiger charge is -2.20. The molecule has 0 radical (unpaired) electrons. The van der Waals surface area contributed by atoms with Gasteiger partial charge in [-0.2, -0.15) is 26.3 Å². The molecule has 10 heteroatoms. The van der Waals surface area contributed by atoms with Gasteiger partial charge in [0.2, 0.25) is 0 Å². The van der Waals surface area contributed by atoms with Crippen LogP contribution in [-0.2, 0) is 12.4 Å². The molecule has 0 unspecified atom stereocenters. The summed E-state index contributed by atoms with van der Waals surface area (Å²) >= 11 is 0. The van der Waals surface area contributed by atoms with Gasteiger partial charge < -0.3 is 4.57 Å². The predicted octanol–water partition coefficient (Wildman–Crippen LogP) is 12.3. The van der Waals surface area contributed by atoms with Gasteiger partial charge in [0, 0.05) is 33.2 Å². The molecular weight excluding hydrogens is 686 g/mol. The average molecular weight is 715 g/mol. The monoisotopic (exact) mass is 714 g/mol. The first-order chi connectivity index (χ1) is 25.3. The molecular formula is C43H28F6N4. The number of halogens is 6. The Hall–Kier alpha value is -6.29. The minimum absolute atomic E-state index is 0.00285. The van der Waals surface area contributed by atoms with Crippen LogP contribution >= 0.6 is 0 Å². The van der Waals surface area contributed by atoms with E-state index in [2.05, 4.69) is 0 Å². The van der Waals surface area contributed by atoms with E-state index in [9.17, 15) is 26.3 Å². The first kappa shape index (κ1) is 33.8. The summed E-state index contributed by atoms with van der Waals surface area (Å²) in [4.78, 5) is 14.2. The molecule has 0 atom stereocenters. The van der Waals surface area contributed by atoms with Crippen molar-refractivity contribution in [2.24, 2.45) is 0 Å². The average Bonchev–Trinajstić information content (AvgIpc) is 3.46. The Morgan fingerprint density at radius 3 is 1.47 bits per heavy atom. The van der Waals surface area contributed by atoms with Crippen molar-refractivity contribution in [3.05, 3.63) is 156 Å². The second-order valence-electron chi connectivity index (χ2n) is 12.9. The van der Waals surface area contributed by atoms with Crippen LogP contribution in [0.3, 0.4) is 0 Å². The number of fused-ring (bicyclic) bond motifs is 3. The molecule has 262 valence electrons. The molecule has 0 saturated carbocycles. The Morgan fingerprint density at radius 1 is 0.453 bits per heavy atom. The number of hydrogen-bond donors (Lipinski definition) is 0. The molecule has 0 spiro atoms. The van der Waals surface area contributed by atoms with E-state index in [4.69, 9.17) is 15.0 Å². The van der Waals surface area contributed by atoms with Crippen molar-refractivity contribution >= 4 is 21.8 Å². The van der Waals surface area contributed by atoms with Gasteiger partial charge in [-0.05, 0) is 78.6 Å². The third-order valence-electron chi connectivity index (χ3n) is 9.22. The number of alkyl halides is 6. The van der Waals surface area contributed by atoms with Gasteiger partial charge in [0.05, 0.1) is 22.2 Å². The SMILES string of the molecule is Cc1ccc2c3ccc(C)cc3n(-c3ccc(-c4nc(-c5ccccc5)nc(-c5ccccc5)n4)c(-c4ccc(C(F)(F)F)cc4C(F)(F)F)c3)c2c1. The van der Waals surface area contributed by atoms with Gasteiger partial charge in [0.1, 0.15) is 0 Å². The highest BCUT2D eigenvalue weighted by Crippen LogP contribution is 2.45. The van der Waals surface area contributed by atoms with Gasteiger partial charge in [-0.3, -0.25) is 0 Å². The Kier molecular flexibility index (Phi) is 8.13. The van der Waals surface area contributed by atoms with Gasteiger partial charge in [-0.15, -0.1) is 0 Å². The molecule has 53 heavy (non-hydrogen) atoms. The van der Waals surface area contributed by atoms with Crippen LogP contribution in [0.15, 0.2) is 133 Å². The molecule has 0 aliphatic rings. The van der Waals surface area contributed by atoms with Crippen LogP contribution in [0, 0.1) is 13.8 Å². The molecule has 2 aromatic heterocycles.